The second-order valence-electron chi connectivity index (χ2n) is 9.31. The number of aromatic nitrogens is 3. The summed E-state index contributed by atoms with van der Waals surface area (Å²) in [6.07, 6.45) is 9.90. The molecule has 1 saturated carbocycles. The van der Waals surface area contributed by atoms with Crippen LogP contribution in [0.25, 0.3) is 21.1 Å². The number of para-hydroxylation sites is 1. The molecule has 34 heavy (non-hydrogen) atoms. The number of hydrogen-bond acceptors (Lipinski definition) is 6. The van der Waals surface area contributed by atoms with Gasteiger partial charge >= 0.3 is 0 Å². The van der Waals surface area contributed by atoms with Crippen molar-refractivity contribution in [2.24, 2.45) is 5.92 Å². The Labute approximate surface area is 202 Å². The first-order valence-electron chi connectivity index (χ1n) is 11.9. The Morgan fingerprint density at radius 1 is 1.06 bits per heavy atom. The van der Waals surface area contributed by atoms with E-state index in [-0.39, 0.29) is 17.0 Å². The van der Waals surface area contributed by atoms with Gasteiger partial charge in [0.05, 0.1) is 17.2 Å². The summed E-state index contributed by atoms with van der Waals surface area (Å²) in [5.74, 6) is 0.537. The Bertz CT molecular complexity index is 1550. The number of nitrogens with zero attached hydrogens (tertiary/aromatic N) is 4. The largest absolute Gasteiger partial charge is 0.298 e. The highest BCUT2D eigenvalue weighted by molar-refractivity contribution is 7.89. The van der Waals surface area contributed by atoms with Gasteiger partial charge in [-0.15, -0.1) is 11.3 Å². The minimum atomic E-state index is -3.73. The van der Waals surface area contributed by atoms with Crippen LogP contribution in [0.15, 0.2) is 52.5 Å². The van der Waals surface area contributed by atoms with Crippen LogP contribution >= 0.6 is 11.3 Å². The second kappa shape index (κ2) is 8.55. The van der Waals surface area contributed by atoms with E-state index in [9.17, 15) is 13.2 Å². The van der Waals surface area contributed by atoms with E-state index < -0.39 is 10.0 Å². The average molecular weight is 495 g/mol. The van der Waals surface area contributed by atoms with Crippen LogP contribution < -0.4 is 5.56 Å². The van der Waals surface area contributed by atoms with E-state index in [1.807, 2.05) is 12.1 Å². The Kier molecular flexibility index (Phi) is 5.50. The molecule has 0 amide bonds. The predicted octanol–water partition coefficient (Wildman–Crippen LogP) is 4.33. The van der Waals surface area contributed by atoms with Gasteiger partial charge in [-0.25, -0.2) is 13.4 Å². The van der Waals surface area contributed by atoms with E-state index in [4.69, 9.17) is 0 Å². The molecular formula is C25H26N4O3S2. The summed E-state index contributed by atoms with van der Waals surface area (Å²) in [7, 11) is -3.73. The van der Waals surface area contributed by atoms with Gasteiger partial charge in [-0.1, -0.05) is 37.5 Å². The average Bonchev–Trinajstić information content (AvgIpc) is 3.24. The molecule has 1 aromatic carbocycles. The van der Waals surface area contributed by atoms with E-state index in [1.54, 1.807) is 35.3 Å². The highest BCUT2D eigenvalue weighted by Gasteiger charge is 2.33. The minimum absolute atomic E-state index is 0.0163. The van der Waals surface area contributed by atoms with Crippen molar-refractivity contribution in [3.63, 3.8) is 0 Å². The lowest BCUT2D eigenvalue weighted by Gasteiger charge is -2.26. The van der Waals surface area contributed by atoms with Gasteiger partial charge in [-0.3, -0.25) is 14.3 Å². The molecule has 4 heterocycles. The van der Waals surface area contributed by atoms with Gasteiger partial charge in [0, 0.05) is 36.1 Å². The van der Waals surface area contributed by atoms with Crippen molar-refractivity contribution in [3.8, 4) is 0 Å². The van der Waals surface area contributed by atoms with Crippen LogP contribution in [0.3, 0.4) is 0 Å². The smallest absolute Gasteiger partial charge is 0.262 e. The summed E-state index contributed by atoms with van der Waals surface area (Å²) >= 11 is 1.44. The van der Waals surface area contributed by atoms with Crippen LogP contribution in [-0.4, -0.2) is 33.8 Å². The predicted molar refractivity (Wildman–Crippen MR) is 133 cm³/mol. The number of sulfonamides is 1. The zero-order valence-corrected chi connectivity index (χ0v) is 20.4. The fraction of sp³-hybridized carbons (Fsp3) is 0.400. The molecule has 0 unspecified atom stereocenters. The van der Waals surface area contributed by atoms with Crippen molar-refractivity contribution < 1.29 is 8.42 Å². The van der Waals surface area contributed by atoms with E-state index in [2.05, 4.69) is 9.97 Å². The second-order valence-corrected chi connectivity index (χ2v) is 12.3. The lowest BCUT2D eigenvalue weighted by molar-refractivity contribution is 0.315. The molecule has 7 nitrogen and oxygen atoms in total. The van der Waals surface area contributed by atoms with Crippen LogP contribution in [0.5, 0.6) is 0 Å². The lowest BCUT2D eigenvalue weighted by Crippen LogP contribution is -2.36. The molecule has 0 N–H and O–H groups in total. The molecule has 0 radical (unpaired) electrons. The first kappa shape index (κ1) is 21.9. The van der Waals surface area contributed by atoms with Crippen molar-refractivity contribution in [1.82, 2.24) is 18.8 Å². The van der Waals surface area contributed by atoms with Gasteiger partial charge in [0.15, 0.2) is 0 Å². The third-order valence-electron chi connectivity index (χ3n) is 7.19. The summed E-state index contributed by atoms with van der Waals surface area (Å²) in [6, 6.07) is 8.91. The normalized spacial score (nSPS) is 17.9. The first-order valence-corrected chi connectivity index (χ1v) is 14.1. The molecule has 6 rings (SSSR count). The summed E-state index contributed by atoms with van der Waals surface area (Å²) in [5, 5.41) is 1.48. The molecule has 9 heteroatoms. The number of pyridine rings is 1. The summed E-state index contributed by atoms with van der Waals surface area (Å²) in [6.45, 7) is 1.31. The van der Waals surface area contributed by atoms with Crippen LogP contribution in [-0.2, 0) is 29.5 Å². The molecule has 0 saturated heterocycles. The Morgan fingerprint density at radius 3 is 2.74 bits per heavy atom. The lowest BCUT2D eigenvalue weighted by atomic mass is 9.89. The Morgan fingerprint density at radius 2 is 1.88 bits per heavy atom. The molecule has 3 aromatic heterocycles. The van der Waals surface area contributed by atoms with Crippen molar-refractivity contribution in [2.45, 2.75) is 56.5 Å². The van der Waals surface area contributed by atoms with Crippen LogP contribution in [0.1, 0.15) is 42.5 Å². The molecule has 0 spiro atoms. The fourth-order valence-corrected chi connectivity index (χ4v) is 8.25. The van der Waals surface area contributed by atoms with Crippen molar-refractivity contribution in [2.75, 3.05) is 6.54 Å². The van der Waals surface area contributed by atoms with Gasteiger partial charge < -0.3 is 0 Å². The summed E-state index contributed by atoms with van der Waals surface area (Å²) in [4.78, 5) is 24.2. The molecule has 0 bridgehead atoms. The number of fused-ring (bicyclic) bond motifs is 4. The fourth-order valence-electron chi connectivity index (χ4n) is 5.40. The third kappa shape index (κ3) is 3.66. The van der Waals surface area contributed by atoms with E-state index in [0.29, 0.717) is 34.6 Å². The van der Waals surface area contributed by atoms with E-state index in [0.717, 1.165) is 22.4 Å². The zero-order chi connectivity index (χ0) is 23.3. The zero-order valence-electron chi connectivity index (χ0n) is 18.8. The topological polar surface area (TPSA) is 85.2 Å². The number of thiophene rings is 1. The number of benzene rings is 1. The highest BCUT2D eigenvalue weighted by atomic mass is 32.2. The Hall–Kier alpha value is -2.62. The molecular weight excluding hydrogens is 468 g/mol. The molecule has 1 aliphatic heterocycles. The molecule has 1 fully saturated rings. The van der Waals surface area contributed by atoms with Gasteiger partial charge in [-0.2, -0.15) is 4.31 Å². The molecule has 176 valence electrons. The highest BCUT2D eigenvalue weighted by Crippen LogP contribution is 2.35. The van der Waals surface area contributed by atoms with Crippen LogP contribution in [0, 0.1) is 5.92 Å². The van der Waals surface area contributed by atoms with Crippen molar-refractivity contribution in [1.29, 1.82) is 0 Å². The first-order chi connectivity index (χ1) is 16.5. The van der Waals surface area contributed by atoms with Gasteiger partial charge in [0.2, 0.25) is 10.0 Å². The summed E-state index contributed by atoms with van der Waals surface area (Å²) < 4.78 is 30.4. The standard InChI is InChI=1S/C25H26N4O3S2/c30-25-22-19-11-13-29(34(31,32)21-10-4-8-18-9-5-12-26-23(18)21)15-20(19)33-24(22)27-16-28(25)14-17-6-2-1-3-7-17/h4-5,8-10,12,16-17H,1-3,6-7,11,13-15H2. The minimum Gasteiger partial charge on any atom is -0.298 e. The van der Waals surface area contributed by atoms with Gasteiger partial charge in [-0.05, 0) is 42.9 Å². The molecule has 4 aromatic rings. The maximum Gasteiger partial charge on any atom is 0.262 e. The number of hydrogen-bond donors (Lipinski definition) is 0. The van der Waals surface area contributed by atoms with Crippen LogP contribution in [0.2, 0.25) is 0 Å². The molecule has 2 aliphatic rings. The SMILES string of the molecule is O=c1c2c3c(sc2ncn1CC1CCCCC1)CN(S(=O)(=O)c1cccc2cccnc12)CC3. The third-order valence-corrected chi connectivity index (χ3v) is 10.2. The van der Waals surface area contributed by atoms with E-state index in [1.165, 1.54) is 47.7 Å². The number of rotatable bonds is 4. The quantitative estimate of drug-likeness (QED) is 0.422. The summed E-state index contributed by atoms with van der Waals surface area (Å²) in [5.41, 5.74) is 1.47. The monoisotopic (exact) mass is 494 g/mol. The maximum absolute atomic E-state index is 13.6. The van der Waals surface area contributed by atoms with Gasteiger partial charge in [0.25, 0.3) is 5.56 Å². The van der Waals surface area contributed by atoms with Crippen molar-refractivity contribution in [3.05, 3.63) is 63.7 Å². The Balaban J connectivity index is 1.34. The molecule has 0 atom stereocenters. The molecule has 1 aliphatic carbocycles. The van der Waals surface area contributed by atoms with E-state index >= 15 is 0 Å². The van der Waals surface area contributed by atoms with Gasteiger partial charge in [0.1, 0.15) is 9.73 Å². The maximum atomic E-state index is 13.6. The van der Waals surface area contributed by atoms with Crippen molar-refractivity contribution >= 4 is 42.5 Å². The van der Waals surface area contributed by atoms with Crippen LogP contribution in [0.4, 0.5) is 0 Å².